The number of hydrogen-bond acceptors (Lipinski definition) is 2. The van der Waals surface area contributed by atoms with E-state index < -0.39 is 0 Å². The Balaban J connectivity index is 1.17. The number of rotatable bonds is 5. The molecule has 10 aromatic carbocycles. The molecule has 1 aromatic heterocycles. The van der Waals surface area contributed by atoms with Gasteiger partial charge in [-0.2, -0.15) is 0 Å². The normalized spacial score (nSPS) is 11.7. The Kier molecular flexibility index (Phi) is 6.90. The van der Waals surface area contributed by atoms with Crippen LogP contribution in [0.15, 0.2) is 205 Å². The van der Waals surface area contributed by atoms with E-state index in [0.717, 1.165) is 50.1 Å². The average molecular weight is 688 g/mol. The topological polar surface area (TPSA) is 16.4 Å². The zero-order valence-electron chi connectivity index (χ0n) is 29.4. The highest BCUT2D eigenvalue weighted by Gasteiger charge is 2.22. The number of para-hydroxylation sites is 1. The van der Waals surface area contributed by atoms with Crippen molar-refractivity contribution in [2.24, 2.45) is 0 Å². The number of fused-ring (bicyclic) bond motifs is 8. The Bertz CT molecular complexity index is 3230. The molecule has 0 amide bonds. The van der Waals surface area contributed by atoms with Crippen LogP contribution in [-0.2, 0) is 0 Å². The molecule has 54 heavy (non-hydrogen) atoms. The number of nitrogens with zero attached hydrogens (tertiary/aromatic N) is 1. The van der Waals surface area contributed by atoms with Crippen LogP contribution < -0.4 is 4.90 Å². The van der Waals surface area contributed by atoms with Gasteiger partial charge in [-0.25, -0.2) is 0 Å². The first-order chi connectivity index (χ1) is 26.8. The Labute approximate surface area is 312 Å². The van der Waals surface area contributed by atoms with E-state index in [4.69, 9.17) is 4.42 Å². The van der Waals surface area contributed by atoms with E-state index in [2.05, 4.69) is 205 Å². The summed E-state index contributed by atoms with van der Waals surface area (Å²) in [5.74, 6) is 0. The molecule has 0 atom stereocenters. The summed E-state index contributed by atoms with van der Waals surface area (Å²) < 4.78 is 6.65. The number of furan rings is 1. The molecule has 2 nitrogen and oxygen atoms in total. The molecule has 0 aliphatic rings. The van der Waals surface area contributed by atoms with Gasteiger partial charge in [0.15, 0.2) is 0 Å². The van der Waals surface area contributed by atoms with Crippen LogP contribution in [0.3, 0.4) is 0 Å². The van der Waals surface area contributed by atoms with Gasteiger partial charge in [0.2, 0.25) is 0 Å². The van der Waals surface area contributed by atoms with E-state index in [1.807, 2.05) is 0 Å². The molecule has 252 valence electrons. The Hall–Kier alpha value is -7.16. The van der Waals surface area contributed by atoms with Crippen LogP contribution in [0.25, 0.3) is 87.3 Å². The van der Waals surface area contributed by atoms with Crippen molar-refractivity contribution >= 4 is 82.1 Å². The highest BCUT2D eigenvalue weighted by molar-refractivity contribution is 6.18. The number of benzene rings is 10. The lowest BCUT2D eigenvalue weighted by molar-refractivity contribution is 0.669. The van der Waals surface area contributed by atoms with E-state index in [-0.39, 0.29) is 0 Å². The quantitative estimate of drug-likeness (QED) is 0.168. The molecule has 11 rings (SSSR count). The SMILES string of the molecule is c1ccc(-c2ccccc2N(c2ccc3c(c2)oc2cc4ccccc4cc23)c2cccc3c(-c4cc5ccccc5c5ccccc45)cccc23)cc1. The van der Waals surface area contributed by atoms with Crippen molar-refractivity contribution in [2.75, 3.05) is 4.90 Å². The third kappa shape index (κ3) is 4.81. The minimum absolute atomic E-state index is 0.864. The largest absolute Gasteiger partial charge is 0.456 e. The lowest BCUT2D eigenvalue weighted by Gasteiger charge is -2.29. The first-order valence-corrected chi connectivity index (χ1v) is 18.5. The lowest BCUT2D eigenvalue weighted by atomic mass is 9.90. The van der Waals surface area contributed by atoms with Crippen molar-refractivity contribution in [1.29, 1.82) is 0 Å². The van der Waals surface area contributed by atoms with Gasteiger partial charge in [-0.05, 0) is 96.9 Å². The summed E-state index contributed by atoms with van der Waals surface area (Å²) in [6.07, 6.45) is 0. The molecule has 0 saturated heterocycles. The molecule has 0 aliphatic carbocycles. The minimum atomic E-state index is 0.864. The monoisotopic (exact) mass is 687 g/mol. The van der Waals surface area contributed by atoms with Crippen molar-refractivity contribution < 1.29 is 4.42 Å². The van der Waals surface area contributed by atoms with Crippen molar-refractivity contribution in [3.05, 3.63) is 200 Å². The molecule has 0 bridgehead atoms. The smallest absolute Gasteiger partial charge is 0.137 e. The predicted octanol–water partition coefficient (Wildman–Crippen LogP) is 15.0. The van der Waals surface area contributed by atoms with Gasteiger partial charge in [0.25, 0.3) is 0 Å². The van der Waals surface area contributed by atoms with Crippen LogP contribution in [0, 0.1) is 0 Å². The summed E-state index contributed by atoms with van der Waals surface area (Å²) in [6, 6.07) is 72.3. The second kappa shape index (κ2) is 12.2. The van der Waals surface area contributed by atoms with Gasteiger partial charge in [0, 0.05) is 33.5 Å². The maximum absolute atomic E-state index is 6.65. The Morgan fingerprint density at radius 2 is 0.889 bits per heavy atom. The molecular formula is C52H33NO. The molecule has 0 spiro atoms. The van der Waals surface area contributed by atoms with Crippen molar-refractivity contribution in [3.63, 3.8) is 0 Å². The zero-order valence-corrected chi connectivity index (χ0v) is 29.4. The average Bonchev–Trinajstić information content (AvgIpc) is 3.59. The van der Waals surface area contributed by atoms with Gasteiger partial charge in [0.05, 0.1) is 11.4 Å². The van der Waals surface area contributed by atoms with Crippen LogP contribution in [0.1, 0.15) is 0 Å². The fraction of sp³-hybridized carbons (Fsp3) is 0. The predicted molar refractivity (Wildman–Crippen MR) is 229 cm³/mol. The molecular weight excluding hydrogens is 655 g/mol. The molecule has 0 N–H and O–H groups in total. The van der Waals surface area contributed by atoms with E-state index in [1.165, 1.54) is 54.2 Å². The van der Waals surface area contributed by atoms with E-state index >= 15 is 0 Å². The van der Waals surface area contributed by atoms with Gasteiger partial charge in [-0.1, -0.05) is 152 Å². The molecule has 0 radical (unpaired) electrons. The van der Waals surface area contributed by atoms with Gasteiger partial charge in [0.1, 0.15) is 11.2 Å². The number of hydrogen-bond donors (Lipinski definition) is 0. The summed E-state index contributed by atoms with van der Waals surface area (Å²) in [5, 5.41) is 12.0. The first-order valence-electron chi connectivity index (χ1n) is 18.5. The molecule has 0 aliphatic heterocycles. The zero-order chi connectivity index (χ0) is 35.6. The molecule has 1 heterocycles. The maximum atomic E-state index is 6.65. The standard InChI is InChI=1S/C52H33NO/c1-2-14-34(15-3-1)40-20-10-11-26-49(40)53(38-28-29-46-48-30-35-16-4-5-17-36(35)32-51(48)54-52(46)33-38)50-27-13-24-42-44(23-12-25-45(42)50)47-31-37-18-6-7-19-39(37)41-21-8-9-22-43(41)47/h1-33H. The van der Waals surface area contributed by atoms with Crippen molar-refractivity contribution in [1.82, 2.24) is 0 Å². The fourth-order valence-electron chi connectivity index (χ4n) is 8.53. The summed E-state index contributed by atoms with van der Waals surface area (Å²) in [6.45, 7) is 0. The summed E-state index contributed by atoms with van der Waals surface area (Å²) in [5.41, 5.74) is 9.76. The number of anilines is 3. The van der Waals surface area contributed by atoms with E-state index in [9.17, 15) is 0 Å². The maximum Gasteiger partial charge on any atom is 0.137 e. The van der Waals surface area contributed by atoms with Crippen LogP contribution in [0.4, 0.5) is 17.1 Å². The summed E-state index contributed by atoms with van der Waals surface area (Å²) >= 11 is 0. The van der Waals surface area contributed by atoms with Crippen molar-refractivity contribution in [3.8, 4) is 22.3 Å². The van der Waals surface area contributed by atoms with Gasteiger partial charge in [-0.3, -0.25) is 0 Å². The summed E-state index contributed by atoms with van der Waals surface area (Å²) in [4.78, 5) is 2.41. The third-order valence-electron chi connectivity index (χ3n) is 11.0. The summed E-state index contributed by atoms with van der Waals surface area (Å²) in [7, 11) is 0. The first kappa shape index (κ1) is 30.5. The Morgan fingerprint density at radius 3 is 1.76 bits per heavy atom. The van der Waals surface area contributed by atoms with Gasteiger partial charge < -0.3 is 9.32 Å². The molecule has 0 fully saturated rings. The van der Waals surface area contributed by atoms with Crippen LogP contribution in [-0.4, -0.2) is 0 Å². The Morgan fingerprint density at radius 1 is 0.296 bits per heavy atom. The van der Waals surface area contributed by atoms with Crippen LogP contribution in [0.5, 0.6) is 0 Å². The second-order valence-corrected chi connectivity index (χ2v) is 14.1. The highest BCUT2D eigenvalue weighted by atomic mass is 16.3. The van der Waals surface area contributed by atoms with Crippen LogP contribution in [0.2, 0.25) is 0 Å². The van der Waals surface area contributed by atoms with Gasteiger partial charge >= 0.3 is 0 Å². The third-order valence-corrected chi connectivity index (χ3v) is 11.0. The van der Waals surface area contributed by atoms with E-state index in [1.54, 1.807) is 0 Å². The van der Waals surface area contributed by atoms with E-state index in [0.29, 0.717) is 0 Å². The fourth-order valence-corrected chi connectivity index (χ4v) is 8.53. The van der Waals surface area contributed by atoms with Gasteiger partial charge in [-0.15, -0.1) is 0 Å². The minimum Gasteiger partial charge on any atom is -0.456 e. The second-order valence-electron chi connectivity index (χ2n) is 14.1. The van der Waals surface area contributed by atoms with Crippen molar-refractivity contribution in [2.45, 2.75) is 0 Å². The molecule has 2 heteroatoms. The molecule has 0 saturated carbocycles. The molecule has 11 aromatic rings. The molecule has 0 unspecified atom stereocenters. The lowest BCUT2D eigenvalue weighted by Crippen LogP contribution is -2.11. The highest BCUT2D eigenvalue weighted by Crippen LogP contribution is 2.47. The van der Waals surface area contributed by atoms with Crippen LogP contribution >= 0.6 is 0 Å².